The summed E-state index contributed by atoms with van der Waals surface area (Å²) in [5, 5.41) is 1.34. The van der Waals surface area contributed by atoms with Crippen molar-refractivity contribution in [3.05, 3.63) is 88.5 Å². The molecule has 4 heterocycles. The van der Waals surface area contributed by atoms with Crippen LogP contribution in [0.1, 0.15) is 46.9 Å². The summed E-state index contributed by atoms with van der Waals surface area (Å²) in [5.41, 5.74) is 8.54. The van der Waals surface area contributed by atoms with Crippen LogP contribution in [-0.2, 0) is 19.4 Å². The Bertz CT molecular complexity index is 1320. The Morgan fingerprint density at radius 3 is 2.68 bits per heavy atom. The Labute approximate surface area is 181 Å². The Kier molecular flexibility index (Phi) is 4.16. The van der Waals surface area contributed by atoms with E-state index in [0.717, 1.165) is 48.0 Å². The summed E-state index contributed by atoms with van der Waals surface area (Å²) < 4.78 is 0. The molecule has 5 nitrogen and oxygen atoms in total. The maximum Gasteiger partial charge on any atom is 0.142 e. The molecule has 0 aliphatic carbocycles. The third-order valence-corrected chi connectivity index (χ3v) is 6.61. The second-order valence-corrected chi connectivity index (χ2v) is 8.53. The highest BCUT2D eigenvalue weighted by molar-refractivity contribution is 6.05. The number of fused-ring (bicyclic) bond motifs is 4. The van der Waals surface area contributed by atoms with Crippen LogP contribution >= 0.6 is 0 Å². The van der Waals surface area contributed by atoms with Gasteiger partial charge in [0.15, 0.2) is 0 Å². The van der Waals surface area contributed by atoms with E-state index in [2.05, 4.69) is 81.4 Å². The molecule has 2 aliphatic rings. The molecular weight excluding hydrogens is 382 g/mol. The van der Waals surface area contributed by atoms with Crippen molar-refractivity contribution in [2.75, 3.05) is 11.4 Å². The Balaban J connectivity index is 1.53. The van der Waals surface area contributed by atoms with Gasteiger partial charge in [-0.15, -0.1) is 0 Å². The van der Waals surface area contributed by atoms with Gasteiger partial charge in [-0.3, -0.25) is 4.99 Å². The van der Waals surface area contributed by atoms with Crippen molar-refractivity contribution < 1.29 is 0 Å². The van der Waals surface area contributed by atoms with Gasteiger partial charge in [0.2, 0.25) is 0 Å². The number of aryl methyl sites for hydroxylation is 1. The zero-order valence-corrected chi connectivity index (χ0v) is 17.9. The van der Waals surface area contributed by atoms with Crippen molar-refractivity contribution in [3.63, 3.8) is 0 Å². The van der Waals surface area contributed by atoms with Crippen molar-refractivity contribution in [1.82, 2.24) is 15.0 Å². The number of nitrogens with one attached hydrogen (secondary N) is 1. The fourth-order valence-corrected chi connectivity index (χ4v) is 5.20. The van der Waals surface area contributed by atoms with Crippen molar-refractivity contribution in [2.45, 2.75) is 39.3 Å². The molecule has 2 aliphatic heterocycles. The molecule has 0 radical (unpaired) electrons. The van der Waals surface area contributed by atoms with E-state index < -0.39 is 0 Å². The summed E-state index contributed by atoms with van der Waals surface area (Å²) in [5.74, 6) is 1.85. The topological polar surface area (TPSA) is 57.2 Å². The minimum atomic E-state index is 0.186. The third-order valence-electron chi connectivity index (χ3n) is 6.61. The standard InChI is InChI=1S/C26H25N5/c1-16-24-22(15-27-16)28-17(2)29-26(24)31-13-12-20-19-10-6-7-11-21(19)30-25(20)23(31)14-18-8-4-3-5-9-18/h3-11,23,30H,12-15H2,1-2H3. The van der Waals surface area contributed by atoms with E-state index in [1.807, 2.05) is 6.92 Å². The lowest BCUT2D eigenvalue weighted by Crippen LogP contribution is -2.38. The third kappa shape index (κ3) is 2.95. The lowest BCUT2D eigenvalue weighted by molar-refractivity contribution is 0.563. The van der Waals surface area contributed by atoms with Gasteiger partial charge in [-0.1, -0.05) is 48.5 Å². The minimum absolute atomic E-state index is 0.186. The molecule has 0 bridgehead atoms. The minimum Gasteiger partial charge on any atom is -0.356 e. The molecule has 0 amide bonds. The highest BCUT2D eigenvalue weighted by Gasteiger charge is 2.34. The van der Waals surface area contributed by atoms with Crippen LogP contribution in [0.2, 0.25) is 0 Å². The molecule has 0 saturated carbocycles. The molecule has 1 unspecified atom stereocenters. The lowest BCUT2D eigenvalue weighted by Gasteiger charge is -2.38. The molecule has 4 aromatic rings. The van der Waals surface area contributed by atoms with Crippen LogP contribution in [0, 0.1) is 6.92 Å². The zero-order chi connectivity index (χ0) is 20.9. The Hall–Kier alpha value is -3.47. The van der Waals surface area contributed by atoms with Gasteiger partial charge in [0.1, 0.15) is 11.6 Å². The molecule has 5 heteroatoms. The second-order valence-electron chi connectivity index (χ2n) is 8.53. The molecule has 1 N–H and O–H groups in total. The molecule has 6 rings (SSSR count). The van der Waals surface area contributed by atoms with E-state index in [1.165, 1.54) is 27.7 Å². The van der Waals surface area contributed by atoms with Crippen LogP contribution < -0.4 is 4.90 Å². The average Bonchev–Trinajstić information content (AvgIpc) is 3.35. The van der Waals surface area contributed by atoms with E-state index in [-0.39, 0.29) is 6.04 Å². The molecule has 154 valence electrons. The summed E-state index contributed by atoms with van der Waals surface area (Å²) in [6.07, 6.45) is 1.92. The predicted molar refractivity (Wildman–Crippen MR) is 125 cm³/mol. The van der Waals surface area contributed by atoms with Crippen LogP contribution in [0.25, 0.3) is 10.9 Å². The smallest absolute Gasteiger partial charge is 0.142 e. The molecular formula is C26H25N5. The number of H-pyrrole nitrogens is 1. The maximum absolute atomic E-state index is 4.96. The molecule has 0 spiro atoms. The quantitative estimate of drug-likeness (QED) is 0.524. The van der Waals surface area contributed by atoms with E-state index in [1.54, 1.807) is 0 Å². The van der Waals surface area contributed by atoms with Crippen LogP contribution in [-0.4, -0.2) is 27.2 Å². The second kappa shape index (κ2) is 7.05. The van der Waals surface area contributed by atoms with Gasteiger partial charge in [0.05, 0.1) is 23.8 Å². The number of rotatable bonds is 3. The van der Waals surface area contributed by atoms with Crippen molar-refractivity contribution in [3.8, 4) is 0 Å². The number of aromatic nitrogens is 3. The summed E-state index contributed by atoms with van der Waals surface area (Å²) in [6, 6.07) is 19.6. The summed E-state index contributed by atoms with van der Waals surface area (Å²) in [6.45, 7) is 5.66. The maximum atomic E-state index is 4.96. The Morgan fingerprint density at radius 2 is 1.81 bits per heavy atom. The number of hydrogen-bond acceptors (Lipinski definition) is 4. The number of anilines is 1. The molecule has 2 aromatic heterocycles. The van der Waals surface area contributed by atoms with Crippen molar-refractivity contribution in [1.29, 1.82) is 0 Å². The van der Waals surface area contributed by atoms with Gasteiger partial charge >= 0.3 is 0 Å². The number of hydrogen-bond donors (Lipinski definition) is 1. The van der Waals surface area contributed by atoms with E-state index in [9.17, 15) is 0 Å². The van der Waals surface area contributed by atoms with Crippen molar-refractivity contribution in [2.24, 2.45) is 4.99 Å². The number of benzene rings is 2. The van der Waals surface area contributed by atoms with Gasteiger partial charge in [0.25, 0.3) is 0 Å². The first kappa shape index (κ1) is 18.3. The lowest BCUT2D eigenvalue weighted by atomic mass is 9.92. The van der Waals surface area contributed by atoms with Crippen LogP contribution in [0.5, 0.6) is 0 Å². The SMILES string of the molecule is CC1=NCc2nc(C)nc(N3CCc4c([nH]c5ccccc45)C3Cc3ccccc3)c21. The van der Waals surface area contributed by atoms with Crippen LogP contribution in [0.3, 0.4) is 0 Å². The molecule has 0 saturated heterocycles. The number of aromatic amines is 1. The number of para-hydroxylation sites is 1. The van der Waals surface area contributed by atoms with Crippen LogP contribution in [0.15, 0.2) is 59.6 Å². The molecule has 0 fully saturated rings. The normalized spacial score (nSPS) is 17.5. The largest absolute Gasteiger partial charge is 0.356 e. The highest BCUT2D eigenvalue weighted by atomic mass is 15.2. The number of nitrogens with zero attached hydrogens (tertiary/aromatic N) is 4. The van der Waals surface area contributed by atoms with E-state index in [4.69, 9.17) is 4.98 Å². The highest BCUT2D eigenvalue weighted by Crippen LogP contribution is 2.40. The van der Waals surface area contributed by atoms with Crippen molar-refractivity contribution >= 4 is 22.4 Å². The average molecular weight is 408 g/mol. The van der Waals surface area contributed by atoms with E-state index >= 15 is 0 Å². The monoisotopic (exact) mass is 407 g/mol. The number of aliphatic imine (C=N–C) groups is 1. The molecule has 2 aromatic carbocycles. The molecule has 31 heavy (non-hydrogen) atoms. The van der Waals surface area contributed by atoms with Gasteiger partial charge < -0.3 is 9.88 Å². The first-order valence-electron chi connectivity index (χ1n) is 11.0. The first-order chi connectivity index (χ1) is 15.2. The molecule has 1 atom stereocenters. The predicted octanol–water partition coefficient (Wildman–Crippen LogP) is 4.94. The summed E-state index contributed by atoms with van der Waals surface area (Å²) >= 11 is 0. The fourth-order valence-electron chi connectivity index (χ4n) is 5.20. The summed E-state index contributed by atoms with van der Waals surface area (Å²) in [7, 11) is 0. The first-order valence-corrected chi connectivity index (χ1v) is 11.0. The van der Waals surface area contributed by atoms with Gasteiger partial charge in [0, 0.05) is 28.9 Å². The van der Waals surface area contributed by atoms with Gasteiger partial charge in [-0.05, 0) is 43.9 Å². The van der Waals surface area contributed by atoms with Crippen LogP contribution in [0.4, 0.5) is 5.82 Å². The van der Waals surface area contributed by atoms with Gasteiger partial charge in [-0.25, -0.2) is 9.97 Å². The van der Waals surface area contributed by atoms with Gasteiger partial charge in [-0.2, -0.15) is 0 Å². The Morgan fingerprint density at radius 1 is 1.00 bits per heavy atom. The summed E-state index contributed by atoms with van der Waals surface area (Å²) in [4.78, 5) is 20.6. The van der Waals surface area contributed by atoms with E-state index in [0.29, 0.717) is 6.54 Å². The fraction of sp³-hybridized carbons (Fsp3) is 0.269. The zero-order valence-electron chi connectivity index (χ0n) is 17.9.